The molecule has 3 nitrogen and oxygen atoms in total. The maximum absolute atomic E-state index is 8.86. The van der Waals surface area contributed by atoms with Gasteiger partial charge in [0.25, 0.3) is 0 Å². The minimum atomic E-state index is 0. The minimum absolute atomic E-state index is 0. The SMILES string of the molecule is Cl.Cl.NC[C@]1(c2cccc(Cl)c2)CC[C@H](NCCO)CC1. The van der Waals surface area contributed by atoms with Crippen molar-refractivity contribution in [3.8, 4) is 0 Å². The van der Waals surface area contributed by atoms with Gasteiger partial charge in [-0.25, -0.2) is 0 Å². The lowest BCUT2D eigenvalue weighted by molar-refractivity contribution is 0.232. The molecule has 0 unspecified atom stereocenters. The van der Waals surface area contributed by atoms with Crippen LogP contribution in [0.3, 0.4) is 0 Å². The average Bonchev–Trinajstić information content (AvgIpc) is 2.46. The van der Waals surface area contributed by atoms with Crippen LogP contribution in [0, 0.1) is 0 Å². The van der Waals surface area contributed by atoms with Gasteiger partial charge in [-0.1, -0.05) is 23.7 Å². The van der Waals surface area contributed by atoms with Crippen LogP contribution in [0.15, 0.2) is 24.3 Å². The van der Waals surface area contributed by atoms with Crippen LogP contribution in [0.2, 0.25) is 5.02 Å². The molecule has 122 valence electrons. The second-order valence-electron chi connectivity index (χ2n) is 5.45. The Labute approximate surface area is 144 Å². The zero-order valence-corrected chi connectivity index (χ0v) is 14.4. The van der Waals surface area contributed by atoms with E-state index in [1.165, 1.54) is 5.56 Å². The molecule has 21 heavy (non-hydrogen) atoms. The van der Waals surface area contributed by atoms with E-state index in [0.717, 1.165) is 30.7 Å². The first-order chi connectivity index (χ1) is 9.20. The van der Waals surface area contributed by atoms with E-state index >= 15 is 0 Å². The quantitative estimate of drug-likeness (QED) is 0.761. The number of nitrogens with two attached hydrogens (primary N) is 1. The van der Waals surface area contributed by atoms with Crippen LogP contribution in [0.25, 0.3) is 0 Å². The molecule has 0 bridgehead atoms. The van der Waals surface area contributed by atoms with Gasteiger partial charge in [-0.15, -0.1) is 24.8 Å². The summed E-state index contributed by atoms with van der Waals surface area (Å²) in [4.78, 5) is 0. The summed E-state index contributed by atoms with van der Waals surface area (Å²) in [7, 11) is 0. The molecule has 1 aliphatic carbocycles. The summed E-state index contributed by atoms with van der Waals surface area (Å²) in [5.41, 5.74) is 7.40. The van der Waals surface area contributed by atoms with Crippen LogP contribution in [0.4, 0.5) is 0 Å². The maximum Gasteiger partial charge on any atom is 0.0556 e. The molecule has 0 heterocycles. The molecular weight excluding hydrogens is 331 g/mol. The Morgan fingerprint density at radius 3 is 2.48 bits per heavy atom. The monoisotopic (exact) mass is 354 g/mol. The van der Waals surface area contributed by atoms with Crippen LogP contribution in [-0.4, -0.2) is 30.8 Å². The Hall–Kier alpha value is -0.0300. The summed E-state index contributed by atoms with van der Waals surface area (Å²) in [6.07, 6.45) is 4.35. The van der Waals surface area contributed by atoms with E-state index in [0.29, 0.717) is 19.1 Å². The van der Waals surface area contributed by atoms with Crippen molar-refractivity contribution >= 4 is 36.4 Å². The van der Waals surface area contributed by atoms with Crippen molar-refractivity contribution in [3.63, 3.8) is 0 Å². The third kappa shape index (κ3) is 5.27. The molecule has 1 aromatic rings. The van der Waals surface area contributed by atoms with Gasteiger partial charge in [0.15, 0.2) is 0 Å². The molecule has 1 fully saturated rings. The number of hydrogen-bond acceptors (Lipinski definition) is 3. The first kappa shape index (κ1) is 21.0. The second kappa shape index (κ2) is 9.88. The van der Waals surface area contributed by atoms with Crippen molar-refractivity contribution in [2.45, 2.75) is 37.1 Å². The van der Waals surface area contributed by atoms with Gasteiger partial charge in [-0.05, 0) is 43.4 Å². The molecule has 1 aromatic carbocycles. The third-order valence-electron chi connectivity index (χ3n) is 4.32. The molecule has 0 aliphatic heterocycles. The van der Waals surface area contributed by atoms with Crippen LogP contribution >= 0.6 is 36.4 Å². The molecule has 0 saturated heterocycles. The number of aliphatic hydroxyl groups excluding tert-OH is 1. The first-order valence-corrected chi connectivity index (χ1v) is 7.38. The average molecular weight is 356 g/mol. The highest BCUT2D eigenvalue weighted by Gasteiger charge is 2.35. The molecule has 1 saturated carbocycles. The predicted octanol–water partition coefficient (Wildman–Crippen LogP) is 2.90. The number of nitrogens with one attached hydrogen (secondary N) is 1. The number of halogens is 3. The van der Waals surface area contributed by atoms with Gasteiger partial charge < -0.3 is 16.2 Å². The van der Waals surface area contributed by atoms with Gasteiger partial charge in [0.05, 0.1) is 6.61 Å². The van der Waals surface area contributed by atoms with Gasteiger partial charge in [0.1, 0.15) is 0 Å². The standard InChI is InChI=1S/C15H23ClN2O.2ClH/c16-13-3-1-2-12(10-13)15(11-17)6-4-14(5-7-15)18-8-9-19;;/h1-3,10,14,18-19H,4-9,11,17H2;2*1H/t14-,15-;;. The van der Waals surface area contributed by atoms with Crippen molar-refractivity contribution in [2.75, 3.05) is 19.7 Å². The van der Waals surface area contributed by atoms with Crippen molar-refractivity contribution in [3.05, 3.63) is 34.9 Å². The topological polar surface area (TPSA) is 58.3 Å². The highest BCUT2D eigenvalue weighted by molar-refractivity contribution is 6.30. The van der Waals surface area contributed by atoms with Crippen molar-refractivity contribution in [2.24, 2.45) is 5.73 Å². The molecule has 0 amide bonds. The molecule has 2 rings (SSSR count). The van der Waals surface area contributed by atoms with Crippen LogP contribution in [0.1, 0.15) is 31.2 Å². The largest absolute Gasteiger partial charge is 0.395 e. The van der Waals surface area contributed by atoms with Gasteiger partial charge in [0, 0.05) is 29.6 Å². The van der Waals surface area contributed by atoms with Gasteiger partial charge in [0.2, 0.25) is 0 Å². The summed E-state index contributed by atoms with van der Waals surface area (Å²) < 4.78 is 0. The van der Waals surface area contributed by atoms with E-state index in [2.05, 4.69) is 17.4 Å². The predicted molar refractivity (Wildman–Crippen MR) is 94.0 cm³/mol. The van der Waals surface area contributed by atoms with E-state index in [1.54, 1.807) is 0 Å². The fraction of sp³-hybridized carbons (Fsp3) is 0.600. The van der Waals surface area contributed by atoms with Crippen molar-refractivity contribution < 1.29 is 5.11 Å². The molecule has 0 radical (unpaired) electrons. The van der Waals surface area contributed by atoms with Crippen molar-refractivity contribution in [1.29, 1.82) is 0 Å². The van der Waals surface area contributed by atoms with Gasteiger partial charge in [-0.2, -0.15) is 0 Å². The molecule has 0 aromatic heterocycles. The fourth-order valence-corrected chi connectivity index (χ4v) is 3.26. The molecule has 4 N–H and O–H groups in total. The molecule has 0 atom stereocenters. The highest BCUT2D eigenvalue weighted by Crippen LogP contribution is 2.39. The Balaban J connectivity index is 0.00000200. The first-order valence-electron chi connectivity index (χ1n) is 7.00. The molecular formula is C15H25Cl3N2O. The number of hydrogen-bond donors (Lipinski definition) is 3. The van der Waals surface area contributed by atoms with E-state index in [1.807, 2.05) is 12.1 Å². The summed E-state index contributed by atoms with van der Waals surface area (Å²) in [5, 5.41) is 13.0. The van der Waals surface area contributed by atoms with Crippen LogP contribution < -0.4 is 11.1 Å². The maximum atomic E-state index is 8.86. The molecule has 1 aliphatic rings. The Bertz CT molecular complexity index is 410. The summed E-state index contributed by atoms with van der Waals surface area (Å²) in [5.74, 6) is 0. The zero-order valence-electron chi connectivity index (χ0n) is 12.1. The van der Waals surface area contributed by atoms with Gasteiger partial charge in [-0.3, -0.25) is 0 Å². The van der Waals surface area contributed by atoms with E-state index in [9.17, 15) is 0 Å². The van der Waals surface area contributed by atoms with Gasteiger partial charge >= 0.3 is 0 Å². The van der Waals surface area contributed by atoms with E-state index in [-0.39, 0.29) is 36.8 Å². The molecule has 6 heteroatoms. The lowest BCUT2D eigenvalue weighted by atomic mass is 9.68. The molecule has 0 spiro atoms. The highest BCUT2D eigenvalue weighted by atomic mass is 35.5. The summed E-state index contributed by atoms with van der Waals surface area (Å²) in [6, 6.07) is 8.61. The smallest absolute Gasteiger partial charge is 0.0556 e. The van der Waals surface area contributed by atoms with Crippen LogP contribution in [0.5, 0.6) is 0 Å². The number of rotatable bonds is 5. The Morgan fingerprint density at radius 2 is 1.95 bits per heavy atom. The minimum Gasteiger partial charge on any atom is -0.395 e. The fourth-order valence-electron chi connectivity index (χ4n) is 3.07. The summed E-state index contributed by atoms with van der Waals surface area (Å²) >= 11 is 6.10. The Kier molecular flexibility index (Phi) is 9.87. The summed E-state index contributed by atoms with van der Waals surface area (Å²) in [6.45, 7) is 1.55. The van der Waals surface area contributed by atoms with E-state index in [4.69, 9.17) is 22.4 Å². The number of aliphatic hydroxyl groups is 1. The van der Waals surface area contributed by atoms with Crippen molar-refractivity contribution in [1.82, 2.24) is 5.32 Å². The zero-order chi connectivity index (χ0) is 13.7. The van der Waals surface area contributed by atoms with Crippen LogP contribution in [-0.2, 0) is 5.41 Å². The third-order valence-corrected chi connectivity index (χ3v) is 4.55. The van der Waals surface area contributed by atoms with E-state index < -0.39 is 0 Å². The number of benzene rings is 1. The lowest BCUT2D eigenvalue weighted by Gasteiger charge is -2.40. The lowest BCUT2D eigenvalue weighted by Crippen LogP contribution is -2.44. The Morgan fingerprint density at radius 1 is 1.29 bits per heavy atom. The second-order valence-corrected chi connectivity index (χ2v) is 5.88. The normalized spacial score (nSPS) is 24.8.